The SMILES string of the molecule is Cc1[cH-]c2ccccc2c1Pc1ccccc1.[C-]1=CC=CC1.[Cl-].[Cl-].[Zr+4]. The Hall–Kier alpha value is -0.577. The Morgan fingerprint density at radius 1 is 0.960 bits per heavy atom. The second-order valence-electron chi connectivity index (χ2n) is 5.28. The minimum absolute atomic E-state index is 0. The van der Waals surface area contributed by atoms with E-state index in [4.69, 9.17) is 0 Å². The van der Waals surface area contributed by atoms with E-state index in [0.29, 0.717) is 0 Å². The molecule has 1 aliphatic rings. The molecule has 4 rings (SSSR count). The van der Waals surface area contributed by atoms with Gasteiger partial charge in [0, 0.05) is 0 Å². The number of aryl methyl sites for hydroxylation is 1. The number of halogens is 2. The third-order valence-electron chi connectivity index (χ3n) is 3.63. The third-order valence-corrected chi connectivity index (χ3v) is 5.16. The first-order valence-electron chi connectivity index (χ1n) is 7.53. The van der Waals surface area contributed by atoms with E-state index in [1.807, 2.05) is 12.2 Å². The van der Waals surface area contributed by atoms with Gasteiger partial charge in [-0.15, -0.1) is 60.9 Å². The molecule has 0 heterocycles. The largest absolute Gasteiger partial charge is 4.00 e. The fourth-order valence-corrected chi connectivity index (χ4v) is 3.82. The zero-order valence-corrected chi connectivity index (χ0v) is 18.9. The van der Waals surface area contributed by atoms with Crippen molar-refractivity contribution < 1.29 is 51.0 Å². The summed E-state index contributed by atoms with van der Waals surface area (Å²) in [5.74, 6) is 0. The van der Waals surface area contributed by atoms with E-state index in [9.17, 15) is 0 Å². The summed E-state index contributed by atoms with van der Waals surface area (Å²) in [6.45, 7) is 2.21. The summed E-state index contributed by atoms with van der Waals surface area (Å²) in [6.07, 6.45) is 10.0. The molecule has 0 fully saturated rings. The van der Waals surface area contributed by atoms with Crippen LogP contribution in [0.2, 0.25) is 0 Å². The molecule has 0 amide bonds. The van der Waals surface area contributed by atoms with Gasteiger partial charge in [0.15, 0.2) is 0 Å². The van der Waals surface area contributed by atoms with Crippen LogP contribution in [0.4, 0.5) is 0 Å². The van der Waals surface area contributed by atoms with Crippen molar-refractivity contribution in [3.8, 4) is 0 Å². The zero-order chi connectivity index (χ0) is 15.2. The molecule has 4 heteroatoms. The van der Waals surface area contributed by atoms with Crippen molar-refractivity contribution in [1.82, 2.24) is 0 Å². The van der Waals surface area contributed by atoms with Gasteiger partial charge < -0.3 is 24.8 Å². The van der Waals surface area contributed by atoms with E-state index in [2.05, 4.69) is 79.7 Å². The van der Waals surface area contributed by atoms with Crippen molar-refractivity contribution in [2.45, 2.75) is 13.3 Å². The van der Waals surface area contributed by atoms with Gasteiger partial charge in [-0.25, -0.2) is 12.2 Å². The van der Waals surface area contributed by atoms with E-state index >= 15 is 0 Å². The van der Waals surface area contributed by atoms with E-state index in [1.165, 1.54) is 26.9 Å². The molecule has 0 radical (unpaired) electrons. The Labute approximate surface area is 183 Å². The van der Waals surface area contributed by atoms with Crippen LogP contribution in [-0.4, -0.2) is 0 Å². The molecule has 0 aromatic heterocycles. The van der Waals surface area contributed by atoms with Crippen LogP contribution in [0.3, 0.4) is 0 Å². The van der Waals surface area contributed by atoms with Crippen molar-refractivity contribution in [3.05, 3.63) is 90.5 Å². The Kier molecular flexibility index (Phi) is 12.4. The van der Waals surface area contributed by atoms with Crippen LogP contribution in [0.5, 0.6) is 0 Å². The van der Waals surface area contributed by atoms with Crippen LogP contribution in [0.15, 0.2) is 78.9 Å². The first-order chi connectivity index (χ1) is 10.8. The summed E-state index contributed by atoms with van der Waals surface area (Å²) in [6, 6.07) is 21.7. The maximum atomic E-state index is 2.99. The monoisotopic (exact) mass is 462 g/mol. The van der Waals surface area contributed by atoms with Crippen LogP contribution in [0.25, 0.3) is 10.8 Å². The average molecular weight is 464 g/mol. The quantitative estimate of drug-likeness (QED) is 0.331. The first-order valence-corrected chi connectivity index (χ1v) is 8.53. The zero-order valence-electron chi connectivity index (χ0n) is 14.0. The molecular weight excluding hydrogens is 445 g/mol. The maximum absolute atomic E-state index is 2.99. The fourth-order valence-electron chi connectivity index (χ4n) is 2.54. The van der Waals surface area contributed by atoms with Crippen molar-refractivity contribution in [1.29, 1.82) is 0 Å². The van der Waals surface area contributed by atoms with E-state index < -0.39 is 0 Å². The molecule has 0 N–H and O–H groups in total. The van der Waals surface area contributed by atoms with Gasteiger partial charge in [0.2, 0.25) is 0 Å². The van der Waals surface area contributed by atoms with Crippen LogP contribution < -0.4 is 35.4 Å². The minimum atomic E-state index is 0. The predicted molar refractivity (Wildman–Crippen MR) is 99.9 cm³/mol. The number of allylic oxidation sites excluding steroid dienone is 4. The molecule has 0 spiro atoms. The normalized spacial score (nSPS) is 11.4. The van der Waals surface area contributed by atoms with Gasteiger partial charge in [-0.2, -0.15) is 6.08 Å². The topological polar surface area (TPSA) is 0 Å². The Morgan fingerprint density at radius 2 is 1.64 bits per heavy atom. The van der Waals surface area contributed by atoms with Gasteiger partial charge in [-0.3, -0.25) is 6.08 Å². The van der Waals surface area contributed by atoms with Gasteiger partial charge in [-0.1, -0.05) is 43.3 Å². The molecular formula is C21H19Cl2PZr. The maximum Gasteiger partial charge on any atom is 4.00 e. The first kappa shape index (κ1) is 24.4. The molecule has 1 atom stereocenters. The van der Waals surface area contributed by atoms with Crippen LogP contribution in [0, 0.1) is 13.0 Å². The van der Waals surface area contributed by atoms with E-state index in [0.717, 1.165) is 15.0 Å². The van der Waals surface area contributed by atoms with Gasteiger partial charge in [0.05, 0.1) is 0 Å². The van der Waals surface area contributed by atoms with Crippen molar-refractivity contribution in [2.75, 3.05) is 0 Å². The summed E-state index contributed by atoms with van der Waals surface area (Å²) < 4.78 is 0. The molecule has 25 heavy (non-hydrogen) atoms. The third kappa shape index (κ3) is 6.92. The van der Waals surface area contributed by atoms with Crippen molar-refractivity contribution in [2.24, 2.45) is 0 Å². The number of fused-ring (bicyclic) bond motifs is 1. The van der Waals surface area contributed by atoms with Crippen LogP contribution in [0.1, 0.15) is 12.0 Å². The van der Waals surface area contributed by atoms with Crippen LogP contribution in [-0.2, 0) is 26.2 Å². The molecule has 1 unspecified atom stereocenters. The Balaban J connectivity index is 0.000000630. The summed E-state index contributed by atoms with van der Waals surface area (Å²) in [5.41, 5.74) is 1.41. The molecule has 3 aromatic rings. The smallest absolute Gasteiger partial charge is 1.00 e. The molecule has 0 bridgehead atoms. The van der Waals surface area contributed by atoms with Crippen molar-refractivity contribution in [3.63, 3.8) is 0 Å². The van der Waals surface area contributed by atoms with Gasteiger partial charge in [0.1, 0.15) is 0 Å². The molecule has 0 saturated carbocycles. The fraction of sp³-hybridized carbons (Fsp3) is 0.0952. The Morgan fingerprint density at radius 3 is 2.24 bits per heavy atom. The predicted octanol–water partition coefficient (Wildman–Crippen LogP) is -1.19. The summed E-state index contributed by atoms with van der Waals surface area (Å²) >= 11 is 0. The van der Waals surface area contributed by atoms with Gasteiger partial charge in [0.25, 0.3) is 0 Å². The molecule has 126 valence electrons. The number of hydrogen-bond acceptors (Lipinski definition) is 0. The average Bonchev–Trinajstić information content (AvgIpc) is 3.22. The van der Waals surface area contributed by atoms with Gasteiger partial charge >= 0.3 is 26.2 Å². The second-order valence-corrected chi connectivity index (χ2v) is 6.61. The molecule has 1 aliphatic carbocycles. The Bertz CT molecular complexity index is 797. The second kappa shape index (κ2) is 12.7. The van der Waals surface area contributed by atoms with Gasteiger partial charge in [-0.05, 0) is 5.30 Å². The minimum Gasteiger partial charge on any atom is -1.00 e. The molecule has 0 aliphatic heterocycles. The van der Waals surface area contributed by atoms with Crippen molar-refractivity contribution >= 4 is 30.0 Å². The molecule has 3 aromatic carbocycles. The van der Waals surface area contributed by atoms with E-state index in [-0.39, 0.29) is 51.0 Å². The standard InChI is InChI=1S/C16H14P.C5H5.2ClH.Zr/c1-12-11-13-7-5-6-10-15(13)16(12)17-14-8-3-2-4-9-14;1-2-4-5-3-1;;;/h2-11,17H,1H3;1-3H,4H2;2*1H;/q2*-1;;;+4/p-2. The summed E-state index contributed by atoms with van der Waals surface area (Å²) in [4.78, 5) is 0. The van der Waals surface area contributed by atoms with E-state index in [1.54, 1.807) is 0 Å². The number of hydrogen-bond donors (Lipinski definition) is 0. The summed E-state index contributed by atoms with van der Waals surface area (Å²) in [7, 11) is 0.754. The summed E-state index contributed by atoms with van der Waals surface area (Å²) in [5, 5.41) is 5.68. The molecule has 0 saturated heterocycles. The number of rotatable bonds is 2. The number of benzene rings is 2. The van der Waals surface area contributed by atoms with Crippen LogP contribution >= 0.6 is 8.58 Å². The molecule has 0 nitrogen and oxygen atoms in total.